The van der Waals surface area contributed by atoms with E-state index in [2.05, 4.69) is 20.4 Å². The molecule has 0 bridgehead atoms. The van der Waals surface area contributed by atoms with Gasteiger partial charge in [0.1, 0.15) is 11.5 Å². The molecule has 0 fully saturated rings. The van der Waals surface area contributed by atoms with Gasteiger partial charge in [0, 0.05) is 25.2 Å². The fourth-order valence-electron chi connectivity index (χ4n) is 3.25. The van der Waals surface area contributed by atoms with Crippen molar-refractivity contribution >= 4 is 11.5 Å². The summed E-state index contributed by atoms with van der Waals surface area (Å²) < 4.78 is 12.0. The number of carbonyl (C=O) groups is 1. The van der Waals surface area contributed by atoms with E-state index in [0.717, 1.165) is 47.9 Å². The van der Waals surface area contributed by atoms with Crippen molar-refractivity contribution in [2.24, 2.45) is 0 Å². The molecule has 0 unspecified atom stereocenters. The van der Waals surface area contributed by atoms with Gasteiger partial charge in [-0.05, 0) is 42.5 Å². The third-order valence-corrected chi connectivity index (χ3v) is 5.25. The van der Waals surface area contributed by atoms with Crippen molar-refractivity contribution in [3.63, 3.8) is 0 Å². The number of amides is 1. The van der Waals surface area contributed by atoms with Crippen LogP contribution in [0.5, 0.6) is 11.5 Å². The molecular weight excluding hydrogens is 402 g/mol. The van der Waals surface area contributed by atoms with Gasteiger partial charge in [-0.2, -0.15) is 0 Å². The van der Waals surface area contributed by atoms with E-state index >= 15 is 0 Å². The highest BCUT2D eigenvalue weighted by Crippen LogP contribution is 2.34. The summed E-state index contributed by atoms with van der Waals surface area (Å²) in [6.45, 7) is 11.8. The lowest BCUT2D eigenvalue weighted by atomic mass is 10.0. The van der Waals surface area contributed by atoms with Gasteiger partial charge in [0.05, 0.1) is 25.4 Å². The van der Waals surface area contributed by atoms with Crippen LogP contribution in [0.4, 0.5) is 0 Å². The molecule has 0 aromatic heterocycles. The molecule has 0 aliphatic heterocycles. The van der Waals surface area contributed by atoms with Gasteiger partial charge in [-0.25, -0.2) is 0 Å². The zero-order valence-electron chi connectivity index (χ0n) is 19.9. The normalized spacial score (nSPS) is 10.7. The number of aliphatic hydroxyl groups excluding tert-OH is 1. The maximum atomic E-state index is 13.4. The molecule has 0 saturated carbocycles. The van der Waals surface area contributed by atoms with Gasteiger partial charge in [0.25, 0.3) is 5.91 Å². The first kappa shape index (κ1) is 25.5. The Morgan fingerprint density at radius 3 is 1.97 bits per heavy atom. The topological polar surface area (TPSA) is 59.0 Å². The molecule has 0 aliphatic carbocycles. The van der Waals surface area contributed by atoms with Crippen molar-refractivity contribution in [2.75, 3.05) is 20.3 Å². The fraction of sp³-hybridized carbons (Fsp3) is 0.444. The molecule has 2 aromatic carbocycles. The van der Waals surface area contributed by atoms with Gasteiger partial charge in [-0.15, -0.1) is 0 Å². The first-order valence-electron chi connectivity index (χ1n) is 11.4. The Labute approximate surface area is 192 Å². The van der Waals surface area contributed by atoms with Crippen molar-refractivity contribution in [3.8, 4) is 11.5 Å². The summed E-state index contributed by atoms with van der Waals surface area (Å²) in [5, 5.41) is 9.23. The van der Waals surface area contributed by atoms with Crippen LogP contribution in [0.15, 0.2) is 43.0 Å². The van der Waals surface area contributed by atoms with Crippen LogP contribution in [0.3, 0.4) is 0 Å². The van der Waals surface area contributed by atoms with Gasteiger partial charge >= 0.3 is 0 Å². The molecule has 5 heteroatoms. The third-order valence-electron chi connectivity index (χ3n) is 5.25. The first-order valence-corrected chi connectivity index (χ1v) is 11.4. The van der Waals surface area contributed by atoms with Crippen molar-refractivity contribution in [1.82, 2.24) is 4.90 Å². The Hall–Kier alpha value is -2.79. The molecule has 0 heterocycles. The number of aliphatic hydroxyl groups is 1. The average Bonchev–Trinajstić information content (AvgIpc) is 2.79. The van der Waals surface area contributed by atoms with Gasteiger partial charge in [0.2, 0.25) is 0 Å². The van der Waals surface area contributed by atoms with E-state index in [1.165, 1.54) is 0 Å². The maximum Gasteiger partial charge on any atom is 0.257 e. The quantitative estimate of drug-likeness (QED) is 0.398. The summed E-state index contributed by atoms with van der Waals surface area (Å²) >= 11 is 0. The van der Waals surface area contributed by atoms with Gasteiger partial charge in [-0.3, -0.25) is 4.79 Å². The maximum absolute atomic E-state index is 13.4. The van der Waals surface area contributed by atoms with Crippen molar-refractivity contribution < 1.29 is 19.4 Å². The van der Waals surface area contributed by atoms with E-state index in [4.69, 9.17) is 9.47 Å². The summed E-state index contributed by atoms with van der Waals surface area (Å²) in [5.41, 5.74) is 4.02. The predicted molar refractivity (Wildman–Crippen MR) is 130 cm³/mol. The molecule has 0 atom stereocenters. The van der Waals surface area contributed by atoms with E-state index < -0.39 is 0 Å². The molecule has 1 amide bonds. The molecule has 2 aromatic rings. The summed E-state index contributed by atoms with van der Waals surface area (Å²) in [6.07, 6.45) is 3.93. The largest absolute Gasteiger partial charge is 0.493 e. The van der Waals surface area contributed by atoms with Gasteiger partial charge < -0.3 is 19.5 Å². The summed E-state index contributed by atoms with van der Waals surface area (Å²) in [6, 6.07) is 11.3. The highest BCUT2D eigenvalue weighted by atomic mass is 16.5. The summed E-state index contributed by atoms with van der Waals surface area (Å²) in [7, 11) is 1.78. The molecule has 0 aliphatic rings. The zero-order chi connectivity index (χ0) is 23.5. The Kier molecular flexibility index (Phi) is 10.3. The number of benzene rings is 2. The molecule has 0 radical (unpaired) electrons. The monoisotopic (exact) mass is 439 g/mol. The van der Waals surface area contributed by atoms with Crippen molar-refractivity contribution in [1.29, 1.82) is 0 Å². The zero-order valence-corrected chi connectivity index (χ0v) is 19.9. The Balaban J connectivity index is 2.34. The van der Waals surface area contributed by atoms with Crippen LogP contribution in [0, 0.1) is 0 Å². The second-order valence-corrected chi connectivity index (χ2v) is 8.16. The number of unbranched alkanes of at least 4 members (excludes halogenated alkanes) is 2. The number of nitrogens with zero attached hydrogens (tertiary/aromatic N) is 1. The Bertz CT molecular complexity index is 889. The summed E-state index contributed by atoms with van der Waals surface area (Å²) in [4.78, 5) is 15.1. The van der Waals surface area contributed by atoms with Crippen LogP contribution in [0.2, 0.25) is 0 Å². The number of hydrogen-bond acceptors (Lipinski definition) is 4. The van der Waals surface area contributed by atoms with E-state index in [1.807, 2.05) is 43.3 Å². The Morgan fingerprint density at radius 1 is 0.938 bits per heavy atom. The van der Waals surface area contributed by atoms with E-state index in [1.54, 1.807) is 11.9 Å². The van der Waals surface area contributed by atoms with Gasteiger partial charge in [-0.1, -0.05) is 57.5 Å². The molecule has 0 spiro atoms. The lowest BCUT2D eigenvalue weighted by Crippen LogP contribution is -2.27. The average molecular weight is 440 g/mol. The minimum atomic E-state index is -0.120. The standard InChI is InChI=1S/C27H37NO4/c1-6-8-14-31-25-17-26(32-15-9-7-2)24(16-23(25)20(3)4)27(30)28(5)18-21-10-12-22(19-29)13-11-21/h10-13,16-17,29H,3,6-9,14-15,18-19H2,1-2,4-5H3. The molecule has 0 saturated heterocycles. The predicted octanol–water partition coefficient (Wildman–Crippen LogP) is 5.84. The molecule has 5 nitrogen and oxygen atoms in total. The third kappa shape index (κ3) is 7.13. The number of ether oxygens (including phenoxy) is 2. The van der Waals surface area contributed by atoms with E-state index in [0.29, 0.717) is 36.8 Å². The number of hydrogen-bond donors (Lipinski definition) is 1. The minimum absolute atomic E-state index is 0.00383. The lowest BCUT2D eigenvalue weighted by molar-refractivity contribution is 0.0780. The highest BCUT2D eigenvalue weighted by molar-refractivity contribution is 5.98. The second kappa shape index (κ2) is 12.9. The summed E-state index contributed by atoms with van der Waals surface area (Å²) in [5.74, 6) is 1.13. The van der Waals surface area contributed by atoms with E-state index in [-0.39, 0.29) is 12.5 Å². The van der Waals surface area contributed by atoms with Crippen LogP contribution in [0.1, 0.15) is 73.5 Å². The van der Waals surface area contributed by atoms with Crippen LogP contribution in [-0.2, 0) is 13.2 Å². The lowest BCUT2D eigenvalue weighted by Gasteiger charge is -2.22. The number of allylic oxidation sites excluding steroid dienone is 1. The molecule has 32 heavy (non-hydrogen) atoms. The van der Waals surface area contributed by atoms with Crippen LogP contribution in [0.25, 0.3) is 5.57 Å². The van der Waals surface area contributed by atoms with Crippen molar-refractivity contribution in [3.05, 3.63) is 65.2 Å². The molecular formula is C27H37NO4. The van der Waals surface area contributed by atoms with Crippen LogP contribution < -0.4 is 9.47 Å². The molecule has 174 valence electrons. The van der Waals surface area contributed by atoms with Gasteiger partial charge in [0.15, 0.2) is 0 Å². The highest BCUT2D eigenvalue weighted by Gasteiger charge is 2.21. The second-order valence-electron chi connectivity index (χ2n) is 8.16. The number of carbonyl (C=O) groups excluding carboxylic acids is 1. The first-order chi connectivity index (χ1) is 15.4. The van der Waals surface area contributed by atoms with Crippen LogP contribution >= 0.6 is 0 Å². The van der Waals surface area contributed by atoms with E-state index in [9.17, 15) is 9.90 Å². The molecule has 1 N–H and O–H groups in total. The fourth-order valence-corrected chi connectivity index (χ4v) is 3.25. The Morgan fingerprint density at radius 2 is 1.47 bits per heavy atom. The number of rotatable bonds is 13. The van der Waals surface area contributed by atoms with Crippen molar-refractivity contribution in [2.45, 2.75) is 59.6 Å². The van der Waals surface area contributed by atoms with Crippen LogP contribution in [-0.4, -0.2) is 36.2 Å². The smallest absolute Gasteiger partial charge is 0.257 e. The minimum Gasteiger partial charge on any atom is -0.493 e. The SMILES string of the molecule is C=C(C)c1cc(C(=O)N(C)Cc2ccc(CO)cc2)c(OCCCC)cc1OCCCC. The molecule has 2 rings (SSSR count).